The summed E-state index contributed by atoms with van der Waals surface area (Å²) < 4.78 is 0. The predicted octanol–water partition coefficient (Wildman–Crippen LogP) is 4.75. The van der Waals surface area contributed by atoms with E-state index in [0.717, 1.165) is 24.1 Å². The molecular weight excluding hydrogens is 348 g/mol. The maximum absolute atomic E-state index is 12.6. The Morgan fingerprint density at radius 3 is 1.93 bits per heavy atom. The number of carbonyl (C=O) groups excluding carboxylic acids is 2. The molecule has 0 aromatic heterocycles. The summed E-state index contributed by atoms with van der Waals surface area (Å²) in [5, 5.41) is 3.50. The fourth-order valence-electron chi connectivity index (χ4n) is 2.90. The molecule has 0 aliphatic carbocycles. The summed E-state index contributed by atoms with van der Waals surface area (Å²) in [6.45, 7) is 6.90. The number of hydrogen-bond donors (Lipinski definition) is 1. The number of hydrogen-bond acceptors (Lipinski definition) is 4. The van der Waals surface area contributed by atoms with Crippen LogP contribution in [-0.4, -0.2) is 35.9 Å². The van der Waals surface area contributed by atoms with E-state index < -0.39 is 0 Å². The van der Waals surface area contributed by atoms with E-state index in [9.17, 15) is 9.59 Å². The van der Waals surface area contributed by atoms with Gasteiger partial charge in [-0.25, -0.2) is 0 Å². The maximum atomic E-state index is 12.6. The van der Waals surface area contributed by atoms with Gasteiger partial charge < -0.3 is 5.32 Å². The average Bonchev–Trinajstić information content (AvgIpc) is 2.74. The summed E-state index contributed by atoms with van der Waals surface area (Å²) in [4.78, 5) is 29.4. The van der Waals surface area contributed by atoms with Gasteiger partial charge in [-0.05, 0) is 19.8 Å². The number of ketones is 2. The normalized spacial score (nSPS) is 13.8. The molecule has 0 spiro atoms. The van der Waals surface area contributed by atoms with Crippen LogP contribution < -0.4 is 5.32 Å². The molecular formula is C24H30N2O2. The minimum Gasteiger partial charge on any atom is -0.306 e. The molecule has 28 heavy (non-hydrogen) atoms. The van der Waals surface area contributed by atoms with Crippen LogP contribution in [0.15, 0.2) is 65.7 Å². The molecule has 1 N–H and O–H groups in total. The molecule has 0 bridgehead atoms. The van der Waals surface area contributed by atoms with E-state index in [0.29, 0.717) is 18.5 Å². The molecule has 0 heterocycles. The van der Waals surface area contributed by atoms with Crippen molar-refractivity contribution in [2.75, 3.05) is 13.1 Å². The van der Waals surface area contributed by atoms with Gasteiger partial charge in [0.25, 0.3) is 0 Å². The molecule has 0 aliphatic rings. The van der Waals surface area contributed by atoms with Crippen LogP contribution in [0.5, 0.6) is 0 Å². The largest absolute Gasteiger partial charge is 0.306 e. The lowest BCUT2D eigenvalue weighted by molar-refractivity contribution is 0.0941. The summed E-state index contributed by atoms with van der Waals surface area (Å²) in [7, 11) is 0. The van der Waals surface area contributed by atoms with Gasteiger partial charge in [0.2, 0.25) is 0 Å². The highest BCUT2D eigenvalue weighted by Crippen LogP contribution is 2.18. The zero-order valence-corrected chi connectivity index (χ0v) is 17.1. The van der Waals surface area contributed by atoms with E-state index in [1.165, 1.54) is 0 Å². The van der Waals surface area contributed by atoms with E-state index in [-0.39, 0.29) is 23.7 Å². The van der Waals surface area contributed by atoms with Crippen molar-refractivity contribution >= 4 is 17.3 Å². The van der Waals surface area contributed by atoms with Crippen molar-refractivity contribution in [2.45, 2.75) is 45.6 Å². The fraction of sp³-hybridized carbons (Fsp3) is 0.375. The second kappa shape index (κ2) is 10.7. The first-order valence-electron chi connectivity index (χ1n) is 9.91. The van der Waals surface area contributed by atoms with Crippen molar-refractivity contribution in [3.63, 3.8) is 0 Å². The van der Waals surface area contributed by atoms with Gasteiger partial charge in [0.1, 0.15) is 6.54 Å². The Morgan fingerprint density at radius 2 is 1.43 bits per heavy atom. The van der Waals surface area contributed by atoms with Crippen molar-refractivity contribution in [3.8, 4) is 0 Å². The number of nitrogens with zero attached hydrogens (tertiary/aromatic N) is 1. The Bertz CT molecular complexity index is 800. The Hall–Kier alpha value is -2.59. The SMILES string of the molecule is CC/C(CNC(C)(CC)CC(=O)c1ccccc1)=N\CC(=O)c1ccccc1. The average molecular weight is 379 g/mol. The second-order valence-electron chi connectivity index (χ2n) is 7.26. The van der Waals surface area contributed by atoms with E-state index in [1.807, 2.05) is 67.6 Å². The minimum absolute atomic E-state index is 0.0176. The summed E-state index contributed by atoms with van der Waals surface area (Å²) in [6, 6.07) is 18.6. The highest BCUT2D eigenvalue weighted by Gasteiger charge is 2.25. The molecule has 0 aliphatic heterocycles. The van der Waals surface area contributed by atoms with Crippen molar-refractivity contribution in [3.05, 3.63) is 71.8 Å². The van der Waals surface area contributed by atoms with Crippen molar-refractivity contribution < 1.29 is 9.59 Å². The Kier molecular flexibility index (Phi) is 8.27. The lowest BCUT2D eigenvalue weighted by Gasteiger charge is -2.29. The Labute approximate surface area is 168 Å². The number of carbonyl (C=O) groups is 2. The van der Waals surface area contributed by atoms with E-state index in [1.54, 1.807) is 0 Å². The van der Waals surface area contributed by atoms with Gasteiger partial charge in [-0.1, -0.05) is 74.5 Å². The van der Waals surface area contributed by atoms with Gasteiger partial charge in [-0.3, -0.25) is 14.6 Å². The Balaban J connectivity index is 1.95. The first-order chi connectivity index (χ1) is 13.5. The zero-order valence-electron chi connectivity index (χ0n) is 17.1. The summed E-state index contributed by atoms with van der Waals surface area (Å²) in [5.41, 5.74) is 2.05. The van der Waals surface area contributed by atoms with Crippen LogP contribution in [0.1, 0.15) is 60.7 Å². The number of benzene rings is 2. The highest BCUT2D eigenvalue weighted by molar-refractivity contribution is 5.99. The van der Waals surface area contributed by atoms with Crippen LogP contribution in [0.25, 0.3) is 0 Å². The molecule has 2 rings (SSSR count). The summed E-state index contributed by atoms with van der Waals surface area (Å²) >= 11 is 0. The molecule has 0 amide bonds. The standard InChI is InChI=1S/C24H30N2O2/c1-4-21(25-18-23(28)20-14-10-7-11-15-20)17-26-24(3,5-2)16-22(27)19-12-8-6-9-13-19/h6-15,26H,4-5,16-18H2,1-3H3/b25-21+. The van der Waals surface area contributed by atoms with Gasteiger partial charge in [-0.2, -0.15) is 0 Å². The first-order valence-corrected chi connectivity index (χ1v) is 9.91. The third-order valence-corrected chi connectivity index (χ3v) is 5.10. The molecule has 4 nitrogen and oxygen atoms in total. The molecule has 0 saturated heterocycles. The monoisotopic (exact) mass is 378 g/mol. The Morgan fingerprint density at radius 1 is 0.893 bits per heavy atom. The third kappa shape index (κ3) is 6.54. The number of nitrogens with one attached hydrogen (secondary N) is 1. The van der Waals surface area contributed by atoms with Gasteiger partial charge >= 0.3 is 0 Å². The molecule has 2 aromatic carbocycles. The van der Waals surface area contributed by atoms with Crippen molar-refractivity contribution in [1.82, 2.24) is 5.32 Å². The smallest absolute Gasteiger partial charge is 0.184 e. The highest BCUT2D eigenvalue weighted by atomic mass is 16.1. The van der Waals surface area contributed by atoms with Gasteiger partial charge in [0.05, 0.1) is 0 Å². The number of rotatable bonds is 11. The van der Waals surface area contributed by atoms with Gasteiger partial charge in [0, 0.05) is 35.3 Å². The maximum Gasteiger partial charge on any atom is 0.184 e. The molecule has 1 unspecified atom stereocenters. The van der Waals surface area contributed by atoms with Gasteiger partial charge in [0.15, 0.2) is 11.6 Å². The van der Waals surface area contributed by atoms with E-state index in [2.05, 4.69) is 24.2 Å². The second-order valence-corrected chi connectivity index (χ2v) is 7.26. The first kappa shape index (κ1) is 21.7. The lowest BCUT2D eigenvalue weighted by atomic mass is 9.89. The van der Waals surface area contributed by atoms with Crippen LogP contribution in [0, 0.1) is 0 Å². The van der Waals surface area contributed by atoms with Crippen LogP contribution in [0.4, 0.5) is 0 Å². The molecule has 0 radical (unpaired) electrons. The van der Waals surface area contributed by atoms with E-state index in [4.69, 9.17) is 0 Å². The third-order valence-electron chi connectivity index (χ3n) is 5.10. The van der Waals surface area contributed by atoms with Crippen LogP contribution in [0.3, 0.4) is 0 Å². The molecule has 4 heteroatoms. The fourth-order valence-corrected chi connectivity index (χ4v) is 2.90. The molecule has 1 atom stereocenters. The quantitative estimate of drug-likeness (QED) is 0.453. The topological polar surface area (TPSA) is 58.5 Å². The predicted molar refractivity (Wildman–Crippen MR) is 115 cm³/mol. The van der Waals surface area contributed by atoms with Crippen LogP contribution in [0.2, 0.25) is 0 Å². The number of Topliss-reactive ketones (excluding diaryl/α,β-unsaturated/α-hetero) is 2. The molecule has 0 saturated carbocycles. The van der Waals surface area contributed by atoms with E-state index >= 15 is 0 Å². The molecule has 2 aromatic rings. The molecule has 148 valence electrons. The van der Waals surface area contributed by atoms with Gasteiger partial charge in [-0.15, -0.1) is 0 Å². The summed E-state index contributed by atoms with van der Waals surface area (Å²) in [5.74, 6) is 0.149. The van der Waals surface area contributed by atoms with Crippen molar-refractivity contribution in [2.24, 2.45) is 4.99 Å². The van der Waals surface area contributed by atoms with Crippen molar-refractivity contribution in [1.29, 1.82) is 0 Å². The number of aliphatic imine (C=N–C) groups is 1. The van der Waals surface area contributed by atoms with Crippen LogP contribution >= 0.6 is 0 Å². The minimum atomic E-state index is -0.313. The molecule has 0 fully saturated rings. The van der Waals surface area contributed by atoms with Crippen LogP contribution in [-0.2, 0) is 0 Å². The lowest BCUT2D eigenvalue weighted by Crippen LogP contribution is -2.46. The summed E-state index contributed by atoms with van der Waals surface area (Å²) in [6.07, 6.45) is 2.01. The zero-order chi connectivity index (χ0) is 20.4.